The monoisotopic (exact) mass is 366 g/mol. The van der Waals surface area contributed by atoms with E-state index in [1.165, 1.54) is 24.1 Å². The molecular weight excluding hydrogens is 346 g/mol. The molecule has 1 atom stereocenters. The van der Waals surface area contributed by atoms with Crippen LogP contribution in [0.4, 0.5) is 18.4 Å². The molecule has 1 aromatic rings. The number of carbonyl (C=O) groups is 3. The Bertz CT molecular complexity index is 762. The maximum absolute atomic E-state index is 13.8. The van der Waals surface area contributed by atoms with E-state index in [1.807, 2.05) is 0 Å². The highest BCUT2D eigenvalue weighted by Crippen LogP contribution is 2.29. The molecule has 2 saturated heterocycles. The zero-order valence-corrected chi connectivity index (χ0v) is 14.5. The fourth-order valence-corrected chi connectivity index (χ4v) is 3.39. The van der Waals surface area contributed by atoms with E-state index in [0.29, 0.717) is 12.8 Å². The quantitative estimate of drug-likeness (QED) is 0.783. The van der Waals surface area contributed by atoms with Gasteiger partial charge in [0, 0.05) is 25.7 Å². The Morgan fingerprint density at radius 2 is 1.92 bits per heavy atom. The van der Waals surface area contributed by atoms with Crippen LogP contribution in [0, 0.1) is 11.6 Å². The number of hydrogen-bond donors (Lipinski definition) is 2. The van der Waals surface area contributed by atoms with Crippen LogP contribution in [-0.2, 0) is 4.79 Å². The molecule has 1 aromatic carbocycles. The average Bonchev–Trinajstić information content (AvgIpc) is 2.81. The Morgan fingerprint density at radius 3 is 2.50 bits per heavy atom. The molecule has 0 bridgehead atoms. The van der Waals surface area contributed by atoms with Crippen molar-refractivity contribution in [2.45, 2.75) is 31.3 Å². The van der Waals surface area contributed by atoms with Crippen molar-refractivity contribution in [2.24, 2.45) is 0 Å². The Hall–Kier alpha value is -2.71. The molecule has 7 nitrogen and oxygen atoms in total. The number of carbonyl (C=O) groups excluding carboxylic acids is 3. The fraction of sp³-hybridized carbons (Fsp3) is 0.471. The van der Waals surface area contributed by atoms with Gasteiger partial charge < -0.3 is 15.5 Å². The van der Waals surface area contributed by atoms with Crippen LogP contribution in [0.15, 0.2) is 18.2 Å². The van der Waals surface area contributed by atoms with E-state index in [2.05, 4.69) is 10.6 Å². The molecule has 1 unspecified atom stereocenters. The number of amides is 5. The van der Waals surface area contributed by atoms with Gasteiger partial charge in [-0.05, 0) is 25.8 Å². The Balaban J connectivity index is 1.61. The minimum atomic E-state index is -0.986. The predicted octanol–water partition coefficient (Wildman–Crippen LogP) is 1.75. The summed E-state index contributed by atoms with van der Waals surface area (Å²) < 4.78 is 27.2. The van der Waals surface area contributed by atoms with E-state index in [4.69, 9.17) is 0 Å². The second kappa shape index (κ2) is 6.54. The first-order valence-electron chi connectivity index (χ1n) is 8.35. The van der Waals surface area contributed by atoms with E-state index in [-0.39, 0.29) is 24.6 Å². The molecule has 5 amide bonds. The summed E-state index contributed by atoms with van der Waals surface area (Å²) in [5.41, 5.74) is -0.894. The number of halogens is 2. The van der Waals surface area contributed by atoms with E-state index < -0.39 is 35.3 Å². The standard InChI is InChI=1S/C17H20F2N4O3/c1-10(11-4-3-5-12(18)13(11)19)20-15(25)23-8-6-17(7-9-23)14(24)22(2)16(26)21-17/h3-5,10H,6-9H2,1-2H3,(H,20,25)(H,21,26). The highest BCUT2D eigenvalue weighted by atomic mass is 19.2. The van der Waals surface area contributed by atoms with E-state index in [9.17, 15) is 23.2 Å². The van der Waals surface area contributed by atoms with Crippen LogP contribution in [-0.4, -0.2) is 53.4 Å². The third-order valence-electron chi connectivity index (χ3n) is 5.06. The molecule has 3 rings (SSSR count). The molecule has 140 valence electrons. The summed E-state index contributed by atoms with van der Waals surface area (Å²) in [5.74, 6) is -2.25. The van der Waals surface area contributed by atoms with Gasteiger partial charge in [0.05, 0.1) is 6.04 Å². The molecular formula is C17H20F2N4O3. The number of imide groups is 1. The van der Waals surface area contributed by atoms with Crippen molar-refractivity contribution in [3.8, 4) is 0 Å². The van der Waals surface area contributed by atoms with Gasteiger partial charge in [-0.2, -0.15) is 0 Å². The number of rotatable bonds is 2. The summed E-state index contributed by atoms with van der Waals surface area (Å²) in [5, 5.41) is 5.34. The van der Waals surface area contributed by atoms with E-state index >= 15 is 0 Å². The Kier molecular flexibility index (Phi) is 4.55. The summed E-state index contributed by atoms with van der Waals surface area (Å²) in [6.07, 6.45) is 0.607. The minimum Gasteiger partial charge on any atom is -0.331 e. The van der Waals surface area contributed by atoms with Gasteiger partial charge in [0.15, 0.2) is 11.6 Å². The average molecular weight is 366 g/mol. The van der Waals surface area contributed by atoms with Crippen LogP contribution in [0.3, 0.4) is 0 Å². The number of hydrogen-bond acceptors (Lipinski definition) is 3. The summed E-state index contributed by atoms with van der Waals surface area (Å²) in [7, 11) is 1.42. The molecule has 2 aliphatic heterocycles. The zero-order valence-electron chi connectivity index (χ0n) is 14.5. The van der Waals surface area contributed by atoms with Gasteiger partial charge >= 0.3 is 12.1 Å². The van der Waals surface area contributed by atoms with E-state index in [1.54, 1.807) is 6.92 Å². The topological polar surface area (TPSA) is 81.8 Å². The molecule has 9 heteroatoms. The summed E-state index contributed by atoms with van der Waals surface area (Å²) >= 11 is 0. The van der Waals surface area contributed by atoms with Crippen molar-refractivity contribution >= 4 is 18.0 Å². The normalized spacial score (nSPS) is 20.3. The lowest BCUT2D eigenvalue weighted by Crippen LogP contribution is -2.57. The lowest BCUT2D eigenvalue weighted by atomic mass is 9.87. The first-order chi connectivity index (χ1) is 12.2. The lowest BCUT2D eigenvalue weighted by Gasteiger charge is -2.37. The first-order valence-corrected chi connectivity index (χ1v) is 8.35. The minimum absolute atomic E-state index is 0.0617. The Labute approximate surface area is 149 Å². The highest BCUT2D eigenvalue weighted by Gasteiger charge is 2.51. The van der Waals surface area contributed by atoms with Gasteiger partial charge in [0.25, 0.3) is 5.91 Å². The zero-order chi connectivity index (χ0) is 19.1. The van der Waals surface area contributed by atoms with Crippen molar-refractivity contribution in [3.05, 3.63) is 35.4 Å². The van der Waals surface area contributed by atoms with Crippen LogP contribution >= 0.6 is 0 Å². The molecule has 2 N–H and O–H groups in total. The van der Waals surface area contributed by atoms with Crippen molar-refractivity contribution in [1.82, 2.24) is 20.4 Å². The van der Waals surface area contributed by atoms with Crippen molar-refractivity contribution < 1.29 is 23.2 Å². The second-order valence-corrected chi connectivity index (χ2v) is 6.68. The van der Waals surface area contributed by atoms with Gasteiger partial charge in [0.1, 0.15) is 5.54 Å². The van der Waals surface area contributed by atoms with Crippen LogP contribution in [0.25, 0.3) is 0 Å². The third kappa shape index (κ3) is 2.97. The number of benzene rings is 1. The van der Waals surface area contributed by atoms with Crippen LogP contribution in [0.1, 0.15) is 31.4 Å². The molecule has 0 aromatic heterocycles. The van der Waals surface area contributed by atoms with Gasteiger partial charge in [-0.15, -0.1) is 0 Å². The lowest BCUT2D eigenvalue weighted by molar-refractivity contribution is -0.131. The largest absolute Gasteiger partial charge is 0.331 e. The summed E-state index contributed by atoms with van der Waals surface area (Å²) in [6, 6.07) is 2.22. The van der Waals surface area contributed by atoms with Crippen LogP contribution in [0.2, 0.25) is 0 Å². The van der Waals surface area contributed by atoms with Crippen molar-refractivity contribution in [3.63, 3.8) is 0 Å². The van der Waals surface area contributed by atoms with Gasteiger partial charge in [-0.3, -0.25) is 9.69 Å². The Morgan fingerprint density at radius 1 is 1.27 bits per heavy atom. The molecule has 0 aliphatic carbocycles. The SMILES string of the molecule is CC(NC(=O)N1CCC2(CC1)NC(=O)N(C)C2=O)c1cccc(F)c1F. The molecule has 2 heterocycles. The van der Waals surface area contributed by atoms with E-state index in [0.717, 1.165) is 11.0 Å². The number of nitrogens with one attached hydrogen (secondary N) is 2. The van der Waals surface area contributed by atoms with Gasteiger partial charge in [-0.25, -0.2) is 18.4 Å². The van der Waals surface area contributed by atoms with Crippen LogP contribution < -0.4 is 10.6 Å². The number of piperidine rings is 1. The van der Waals surface area contributed by atoms with Gasteiger partial charge in [-0.1, -0.05) is 12.1 Å². The summed E-state index contributed by atoms with van der Waals surface area (Å²) in [6.45, 7) is 2.10. The van der Waals surface area contributed by atoms with Crippen molar-refractivity contribution in [1.29, 1.82) is 0 Å². The van der Waals surface area contributed by atoms with Gasteiger partial charge in [0.2, 0.25) is 0 Å². The molecule has 0 radical (unpaired) electrons. The molecule has 1 spiro atoms. The molecule has 26 heavy (non-hydrogen) atoms. The predicted molar refractivity (Wildman–Crippen MR) is 88.1 cm³/mol. The highest BCUT2D eigenvalue weighted by molar-refractivity contribution is 6.06. The maximum Gasteiger partial charge on any atom is 0.324 e. The third-order valence-corrected chi connectivity index (χ3v) is 5.06. The second-order valence-electron chi connectivity index (χ2n) is 6.68. The molecule has 0 saturated carbocycles. The molecule has 2 aliphatic rings. The number of likely N-dealkylation sites (N-methyl/N-ethyl adjacent to an activating group) is 1. The number of likely N-dealkylation sites (tertiary alicyclic amines) is 1. The number of urea groups is 2. The molecule has 2 fully saturated rings. The van der Waals surface area contributed by atoms with Crippen molar-refractivity contribution in [2.75, 3.05) is 20.1 Å². The maximum atomic E-state index is 13.8. The van der Waals surface area contributed by atoms with Crippen LogP contribution in [0.5, 0.6) is 0 Å². The fourth-order valence-electron chi connectivity index (χ4n) is 3.39. The summed E-state index contributed by atoms with van der Waals surface area (Å²) in [4.78, 5) is 38.9. The number of nitrogens with zero attached hydrogens (tertiary/aromatic N) is 2. The first kappa shape index (κ1) is 18.1. The smallest absolute Gasteiger partial charge is 0.324 e.